The molecular formula is C58H35N3S. The van der Waals surface area contributed by atoms with Crippen molar-refractivity contribution in [3.05, 3.63) is 212 Å². The van der Waals surface area contributed by atoms with Gasteiger partial charge in [0.25, 0.3) is 0 Å². The van der Waals surface area contributed by atoms with Crippen LogP contribution in [0.3, 0.4) is 0 Å². The van der Waals surface area contributed by atoms with Crippen molar-refractivity contribution in [3.8, 4) is 50.6 Å². The maximum Gasteiger partial charge on any atom is 0.235 e. The Hall–Kier alpha value is -7.92. The Morgan fingerprint density at radius 2 is 0.903 bits per heavy atom. The first-order chi connectivity index (χ1) is 30.7. The molecule has 62 heavy (non-hydrogen) atoms. The lowest BCUT2D eigenvalue weighted by molar-refractivity contribution is 1.02. The fourth-order valence-corrected chi connectivity index (χ4v) is 11.0. The van der Waals surface area contributed by atoms with Crippen LogP contribution >= 0.6 is 11.3 Å². The second-order valence-corrected chi connectivity index (χ2v) is 17.1. The van der Waals surface area contributed by atoms with E-state index < -0.39 is 0 Å². The number of thiophene rings is 1. The summed E-state index contributed by atoms with van der Waals surface area (Å²) in [5, 5.41) is 10.8. The van der Waals surface area contributed by atoms with Crippen molar-refractivity contribution in [1.29, 1.82) is 0 Å². The highest BCUT2D eigenvalue weighted by molar-refractivity contribution is 7.27. The number of aromatic nitrogens is 3. The van der Waals surface area contributed by atoms with Crippen LogP contribution in [0.1, 0.15) is 0 Å². The Morgan fingerprint density at radius 1 is 0.355 bits per heavy atom. The predicted octanol–water partition coefficient (Wildman–Crippen LogP) is 16.1. The third kappa shape index (κ3) is 5.37. The summed E-state index contributed by atoms with van der Waals surface area (Å²) in [5.41, 5.74) is 12.1. The lowest BCUT2D eigenvalue weighted by Crippen LogP contribution is -2.04. The van der Waals surface area contributed by atoms with Crippen molar-refractivity contribution in [1.82, 2.24) is 14.5 Å². The minimum absolute atomic E-state index is 0.659. The van der Waals surface area contributed by atoms with Crippen molar-refractivity contribution in [2.75, 3.05) is 0 Å². The summed E-state index contributed by atoms with van der Waals surface area (Å²) in [6.07, 6.45) is 0. The molecule has 10 aromatic carbocycles. The highest BCUT2D eigenvalue weighted by Crippen LogP contribution is 2.48. The van der Waals surface area contributed by atoms with E-state index in [0.29, 0.717) is 5.95 Å². The fraction of sp³-hybridized carbons (Fsp3) is 0. The van der Waals surface area contributed by atoms with Gasteiger partial charge in [-0.15, -0.1) is 11.3 Å². The van der Waals surface area contributed by atoms with Gasteiger partial charge in [-0.1, -0.05) is 170 Å². The van der Waals surface area contributed by atoms with Gasteiger partial charge in [0.1, 0.15) is 0 Å². The topological polar surface area (TPSA) is 30.7 Å². The number of benzene rings is 10. The summed E-state index contributed by atoms with van der Waals surface area (Å²) in [6.45, 7) is 0. The largest absolute Gasteiger partial charge is 0.276 e. The third-order valence-corrected chi connectivity index (χ3v) is 13.7. The molecule has 0 aliphatic rings. The Balaban J connectivity index is 1.11. The molecule has 0 aliphatic carbocycles. The molecule has 0 amide bonds. The van der Waals surface area contributed by atoms with E-state index in [1.165, 1.54) is 64.0 Å². The standard InChI is InChI=1S/C58H35N3S/c1-3-16-36(17-4-1)41-33-42(37-18-5-2-6-19-37)35-43(34-41)39-21-15-22-40(32-39)54-49-31-30-38-20-7-8-23-44(38)55(49)60-58(59-54)61-50-28-13-11-26-47(50)52-45-24-9-10-25-46(45)53-48-27-12-14-29-51(48)62-57(53)56(52)61/h1-35H. The molecule has 3 heterocycles. The zero-order valence-electron chi connectivity index (χ0n) is 33.5. The highest BCUT2D eigenvalue weighted by Gasteiger charge is 2.24. The zero-order valence-corrected chi connectivity index (χ0v) is 34.3. The summed E-state index contributed by atoms with van der Waals surface area (Å²) in [5.74, 6) is 0.659. The highest BCUT2D eigenvalue weighted by atomic mass is 32.1. The van der Waals surface area contributed by atoms with Crippen molar-refractivity contribution in [3.63, 3.8) is 0 Å². The lowest BCUT2D eigenvalue weighted by Gasteiger charge is -2.15. The van der Waals surface area contributed by atoms with Crippen LogP contribution in [-0.2, 0) is 0 Å². The molecule has 13 aromatic rings. The molecule has 0 N–H and O–H groups in total. The van der Waals surface area contributed by atoms with Crippen molar-refractivity contribution < 1.29 is 0 Å². The van der Waals surface area contributed by atoms with Crippen molar-refractivity contribution >= 4 is 85.8 Å². The normalized spacial score (nSPS) is 11.9. The van der Waals surface area contributed by atoms with Crippen molar-refractivity contribution in [2.45, 2.75) is 0 Å². The Labute approximate surface area is 361 Å². The Bertz CT molecular complexity index is 3860. The van der Waals surface area contributed by atoms with E-state index >= 15 is 0 Å². The van der Waals surface area contributed by atoms with E-state index in [-0.39, 0.29) is 0 Å². The maximum absolute atomic E-state index is 5.68. The monoisotopic (exact) mass is 805 g/mol. The molecule has 3 aromatic heterocycles. The van der Waals surface area contributed by atoms with Gasteiger partial charge >= 0.3 is 0 Å². The van der Waals surface area contributed by atoms with Gasteiger partial charge in [0.2, 0.25) is 5.95 Å². The van der Waals surface area contributed by atoms with E-state index in [1.807, 2.05) is 11.3 Å². The van der Waals surface area contributed by atoms with Gasteiger partial charge in [0.15, 0.2) is 0 Å². The molecule has 0 aliphatic heterocycles. The first-order valence-electron chi connectivity index (χ1n) is 21.1. The van der Waals surface area contributed by atoms with Gasteiger partial charge in [0.05, 0.1) is 26.9 Å². The van der Waals surface area contributed by atoms with E-state index in [1.54, 1.807) is 0 Å². The second kappa shape index (κ2) is 13.8. The molecule has 0 bridgehead atoms. The van der Waals surface area contributed by atoms with Crippen LogP contribution in [0.4, 0.5) is 0 Å². The molecule has 0 radical (unpaired) electrons. The van der Waals surface area contributed by atoms with Gasteiger partial charge < -0.3 is 0 Å². The van der Waals surface area contributed by atoms with E-state index in [9.17, 15) is 0 Å². The molecule has 13 rings (SSSR count). The molecular weight excluding hydrogens is 771 g/mol. The molecule has 0 fully saturated rings. The summed E-state index contributed by atoms with van der Waals surface area (Å²) < 4.78 is 4.86. The first kappa shape index (κ1) is 34.9. The van der Waals surface area contributed by atoms with Crippen molar-refractivity contribution in [2.24, 2.45) is 0 Å². The minimum Gasteiger partial charge on any atom is -0.276 e. The number of nitrogens with zero attached hydrogens (tertiary/aromatic N) is 3. The van der Waals surface area contributed by atoms with Crippen LogP contribution in [0.15, 0.2) is 212 Å². The van der Waals surface area contributed by atoms with Gasteiger partial charge in [-0.3, -0.25) is 4.57 Å². The summed E-state index contributed by atoms with van der Waals surface area (Å²) in [6, 6.07) is 76.6. The molecule has 4 heteroatoms. The third-order valence-electron chi connectivity index (χ3n) is 12.5. The van der Waals surface area contributed by atoms with Gasteiger partial charge in [-0.2, -0.15) is 0 Å². The average molecular weight is 806 g/mol. The Morgan fingerprint density at radius 3 is 1.65 bits per heavy atom. The lowest BCUT2D eigenvalue weighted by atomic mass is 9.92. The number of hydrogen-bond acceptors (Lipinski definition) is 3. The molecule has 0 saturated heterocycles. The summed E-state index contributed by atoms with van der Waals surface area (Å²) >= 11 is 1.86. The van der Waals surface area contributed by atoms with Gasteiger partial charge in [0, 0.05) is 42.6 Å². The van der Waals surface area contributed by atoms with Crippen LogP contribution < -0.4 is 0 Å². The number of fused-ring (bicyclic) bond motifs is 13. The average Bonchev–Trinajstić information content (AvgIpc) is 3.91. The van der Waals surface area contributed by atoms with Crippen LogP contribution in [0.2, 0.25) is 0 Å². The van der Waals surface area contributed by atoms with Gasteiger partial charge in [-0.25, -0.2) is 9.97 Å². The van der Waals surface area contributed by atoms with Crippen LogP contribution in [-0.4, -0.2) is 14.5 Å². The van der Waals surface area contributed by atoms with E-state index in [2.05, 4.69) is 217 Å². The molecule has 0 unspecified atom stereocenters. The zero-order chi connectivity index (χ0) is 40.7. The number of rotatable bonds is 5. The SMILES string of the molecule is c1ccc(-c2cc(-c3ccccc3)cc(-c3cccc(-c4nc(-n5c6ccccc6c6c7ccccc7c7c8ccccc8sc7c65)nc5c4ccc4ccccc45)c3)c2)cc1. The number of para-hydroxylation sites is 1. The second-order valence-electron chi connectivity index (χ2n) is 16.1. The quantitative estimate of drug-likeness (QED) is 0.162. The smallest absolute Gasteiger partial charge is 0.235 e. The molecule has 3 nitrogen and oxygen atoms in total. The minimum atomic E-state index is 0.659. The van der Waals surface area contributed by atoms with Crippen LogP contribution in [0, 0.1) is 0 Å². The number of hydrogen-bond donors (Lipinski definition) is 0. The molecule has 0 saturated carbocycles. The fourth-order valence-electron chi connectivity index (χ4n) is 9.74. The van der Waals surface area contributed by atoms with Gasteiger partial charge in [-0.05, 0) is 92.0 Å². The van der Waals surface area contributed by atoms with E-state index in [0.717, 1.165) is 55.1 Å². The Kier molecular flexibility index (Phi) is 7.78. The molecule has 288 valence electrons. The van der Waals surface area contributed by atoms with E-state index in [4.69, 9.17) is 9.97 Å². The van der Waals surface area contributed by atoms with Crippen LogP contribution in [0.5, 0.6) is 0 Å². The first-order valence-corrected chi connectivity index (χ1v) is 21.9. The molecule has 0 atom stereocenters. The maximum atomic E-state index is 5.68. The predicted molar refractivity (Wildman–Crippen MR) is 264 cm³/mol. The summed E-state index contributed by atoms with van der Waals surface area (Å²) in [4.78, 5) is 11.3. The van der Waals surface area contributed by atoms with Crippen LogP contribution in [0.25, 0.3) is 125 Å². The summed E-state index contributed by atoms with van der Waals surface area (Å²) in [7, 11) is 0. The molecule has 0 spiro atoms.